The lowest BCUT2D eigenvalue weighted by Crippen LogP contribution is -2.38. The summed E-state index contributed by atoms with van der Waals surface area (Å²) in [5.41, 5.74) is 4.03. The summed E-state index contributed by atoms with van der Waals surface area (Å²) in [6, 6.07) is 19.6. The minimum atomic E-state index is 0.158. The van der Waals surface area contributed by atoms with E-state index in [2.05, 4.69) is 67.5 Å². The highest BCUT2D eigenvalue weighted by Gasteiger charge is 2.31. The Morgan fingerprint density at radius 2 is 1.71 bits per heavy atom. The third-order valence-electron chi connectivity index (χ3n) is 4.36. The fourth-order valence-corrected chi connectivity index (χ4v) is 3.19. The van der Waals surface area contributed by atoms with E-state index in [9.17, 15) is 0 Å². The van der Waals surface area contributed by atoms with E-state index in [-0.39, 0.29) is 6.10 Å². The molecule has 21 heavy (non-hydrogen) atoms. The first-order valence-corrected chi connectivity index (χ1v) is 7.65. The highest BCUT2D eigenvalue weighted by molar-refractivity contribution is 5.33. The smallest absolute Gasteiger partial charge is 0.0987 e. The van der Waals surface area contributed by atoms with Gasteiger partial charge in [0.05, 0.1) is 12.7 Å². The van der Waals surface area contributed by atoms with Crippen LogP contribution in [0.1, 0.15) is 29.2 Å². The SMILES string of the molecule is CN(C)[C@H]1CCc2ccccc2[C@H]1OCc1ccccc1. The summed E-state index contributed by atoms with van der Waals surface area (Å²) in [6.07, 6.45) is 2.46. The van der Waals surface area contributed by atoms with Crippen molar-refractivity contribution >= 4 is 0 Å². The van der Waals surface area contributed by atoms with Gasteiger partial charge in [0.1, 0.15) is 0 Å². The van der Waals surface area contributed by atoms with Crippen LogP contribution < -0.4 is 0 Å². The van der Waals surface area contributed by atoms with Gasteiger partial charge in [-0.05, 0) is 43.6 Å². The molecule has 0 bridgehead atoms. The number of hydrogen-bond donors (Lipinski definition) is 0. The molecule has 0 aliphatic heterocycles. The van der Waals surface area contributed by atoms with Crippen LogP contribution in [0.4, 0.5) is 0 Å². The van der Waals surface area contributed by atoms with Gasteiger partial charge in [-0.25, -0.2) is 0 Å². The Balaban J connectivity index is 1.82. The second-order valence-corrected chi connectivity index (χ2v) is 5.99. The average Bonchev–Trinajstić information content (AvgIpc) is 2.53. The normalized spacial score (nSPS) is 21.3. The van der Waals surface area contributed by atoms with E-state index in [0.717, 1.165) is 12.8 Å². The van der Waals surface area contributed by atoms with Crippen LogP contribution in [0, 0.1) is 0 Å². The van der Waals surface area contributed by atoms with Crippen molar-refractivity contribution in [2.24, 2.45) is 0 Å². The highest BCUT2D eigenvalue weighted by atomic mass is 16.5. The maximum Gasteiger partial charge on any atom is 0.0987 e. The van der Waals surface area contributed by atoms with Crippen LogP contribution in [-0.4, -0.2) is 25.0 Å². The Morgan fingerprint density at radius 1 is 1.00 bits per heavy atom. The van der Waals surface area contributed by atoms with Crippen LogP contribution >= 0.6 is 0 Å². The molecule has 0 spiro atoms. The standard InChI is InChI=1S/C19H23NO/c1-20(2)18-13-12-16-10-6-7-11-17(16)19(18)21-14-15-8-4-3-5-9-15/h3-11,18-19H,12-14H2,1-2H3/t18-,19+/m0/s1. The second kappa shape index (κ2) is 6.42. The van der Waals surface area contributed by atoms with Crippen LogP contribution in [0.25, 0.3) is 0 Å². The molecule has 0 saturated heterocycles. The zero-order chi connectivity index (χ0) is 14.7. The molecule has 110 valence electrons. The van der Waals surface area contributed by atoms with E-state index in [1.807, 2.05) is 6.07 Å². The van der Waals surface area contributed by atoms with E-state index in [1.165, 1.54) is 16.7 Å². The number of ether oxygens (including phenoxy) is 1. The Hall–Kier alpha value is -1.64. The lowest BCUT2D eigenvalue weighted by Gasteiger charge is -2.37. The molecule has 2 aromatic rings. The topological polar surface area (TPSA) is 12.5 Å². The fraction of sp³-hybridized carbons (Fsp3) is 0.368. The Kier molecular flexibility index (Phi) is 4.37. The highest BCUT2D eigenvalue weighted by Crippen LogP contribution is 2.35. The lowest BCUT2D eigenvalue weighted by atomic mass is 9.85. The molecule has 1 aliphatic rings. The lowest BCUT2D eigenvalue weighted by molar-refractivity contribution is -0.0214. The van der Waals surface area contributed by atoms with E-state index < -0.39 is 0 Å². The number of fused-ring (bicyclic) bond motifs is 1. The molecule has 2 nitrogen and oxygen atoms in total. The predicted octanol–water partition coefficient (Wildman–Crippen LogP) is 3.82. The van der Waals surface area contributed by atoms with Gasteiger partial charge in [0, 0.05) is 6.04 Å². The summed E-state index contributed by atoms with van der Waals surface area (Å²) in [4.78, 5) is 2.30. The first-order valence-electron chi connectivity index (χ1n) is 7.65. The van der Waals surface area contributed by atoms with E-state index in [1.54, 1.807) is 0 Å². The van der Waals surface area contributed by atoms with Crippen molar-refractivity contribution in [2.45, 2.75) is 31.6 Å². The van der Waals surface area contributed by atoms with Crippen molar-refractivity contribution < 1.29 is 4.74 Å². The number of hydrogen-bond acceptors (Lipinski definition) is 2. The summed E-state index contributed by atoms with van der Waals surface area (Å²) >= 11 is 0. The Morgan fingerprint density at radius 3 is 2.48 bits per heavy atom. The Bertz CT molecular complexity index is 579. The van der Waals surface area contributed by atoms with Crippen molar-refractivity contribution in [3.05, 3.63) is 71.3 Å². The predicted molar refractivity (Wildman–Crippen MR) is 86.2 cm³/mol. The second-order valence-electron chi connectivity index (χ2n) is 5.99. The number of aryl methyl sites for hydroxylation is 1. The van der Waals surface area contributed by atoms with Crippen molar-refractivity contribution in [3.8, 4) is 0 Å². The van der Waals surface area contributed by atoms with Gasteiger partial charge in [0.25, 0.3) is 0 Å². The molecule has 3 rings (SSSR count). The van der Waals surface area contributed by atoms with Crippen LogP contribution in [0.15, 0.2) is 54.6 Å². The fourth-order valence-electron chi connectivity index (χ4n) is 3.19. The summed E-state index contributed by atoms with van der Waals surface area (Å²) in [7, 11) is 4.30. The first-order chi connectivity index (χ1) is 10.3. The molecule has 2 heteroatoms. The molecule has 0 fully saturated rings. The van der Waals surface area contributed by atoms with Gasteiger partial charge in [-0.2, -0.15) is 0 Å². The van der Waals surface area contributed by atoms with Gasteiger partial charge in [-0.3, -0.25) is 0 Å². The summed E-state index contributed by atoms with van der Waals surface area (Å²) in [6.45, 7) is 0.671. The number of rotatable bonds is 4. The average molecular weight is 281 g/mol. The molecule has 0 saturated carbocycles. The number of likely N-dealkylation sites (N-methyl/N-ethyl adjacent to an activating group) is 1. The molecule has 2 atom stereocenters. The third-order valence-corrected chi connectivity index (χ3v) is 4.36. The van der Waals surface area contributed by atoms with Gasteiger partial charge in [0.15, 0.2) is 0 Å². The first kappa shape index (κ1) is 14.3. The van der Waals surface area contributed by atoms with E-state index in [4.69, 9.17) is 4.74 Å². The zero-order valence-electron chi connectivity index (χ0n) is 12.8. The van der Waals surface area contributed by atoms with Crippen molar-refractivity contribution in [1.29, 1.82) is 0 Å². The van der Waals surface area contributed by atoms with Crippen LogP contribution in [0.3, 0.4) is 0 Å². The molecule has 2 aromatic carbocycles. The van der Waals surface area contributed by atoms with Crippen LogP contribution in [0.2, 0.25) is 0 Å². The van der Waals surface area contributed by atoms with E-state index in [0.29, 0.717) is 12.6 Å². The maximum atomic E-state index is 6.33. The van der Waals surface area contributed by atoms with Gasteiger partial charge in [0.2, 0.25) is 0 Å². The van der Waals surface area contributed by atoms with Gasteiger partial charge < -0.3 is 9.64 Å². The Labute approximate surface area is 127 Å². The third kappa shape index (κ3) is 3.17. The van der Waals surface area contributed by atoms with Gasteiger partial charge in [-0.15, -0.1) is 0 Å². The van der Waals surface area contributed by atoms with Crippen LogP contribution in [-0.2, 0) is 17.8 Å². The largest absolute Gasteiger partial charge is 0.367 e. The van der Waals surface area contributed by atoms with Gasteiger partial charge >= 0.3 is 0 Å². The quantitative estimate of drug-likeness (QED) is 0.844. The monoisotopic (exact) mass is 281 g/mol. The molecule has 0 radical (unpaired) electrons. The van der Waals surface area contributed by atoms with E-state index >= 15 is 0 Å². The molecule has 0 N–H and O–H groups in total. The minimum absolute atomic E-state index is 0.158. The zero-order valence-corrected chi connectivity index (χ0v) is 12.8. The summed E-state index contributed by atoms with van der Waals surface area (Å²) < 4.78 is 6.33. The summed E-state index contributed by atoms with van der Waals surface area (Å²) in [5, 5.41) is 0. The molecule has 1 aliphatic carbocycles. The van der Waals surface area contributed by atoms with Crippen molar-refractivity contribution in [3.63, 3.8) is 0 Å². The van der Waals surface area contributed by atoms with Crippen molar-refractivity contribution in [2.75, 3.05) is 14.1 Å². The molecule has 0 heterocycles. The van der Waals surface area contributed by atoms with Crippen LogP contribution in [0.5, 0.6) is 0 Å². The maximum absolute atomic E-state index is 6.33. The molecule has 0 aromatic heterocycles. The minimum Gasteiger partial charge on any atom is -0.367 e. The van der Waals surface area contributed by atoms with Crippen molar-refractivity contribution in [1.82, 2.24) is 4.90 Å². The molecule has 0 unspecified atom stereocenters. The molecular weight excluding hydrogens is 258 g/mol. The summed E-state index contributed by atoms with van der Waals surface area (Å²) in [5.74, 6) is 0. The molecule has 0 amide bonds. The van der Waals surface area contributed by atoms with Gasteiger partial charge in [-0.1, -0.05) is 54.6 Å². The number of nitrogens with zero attached hydrogens (tertiary/aromatic N) is 1. The molecular formula is C19H23NO. The number of benzene rings is 2.